The Kier molecular flexibility index (Phi) is 5.00. The molecule has 2 rings (SSSR count). The van der Waals surface area contributed by atoms with Crippen molar-refractivity contribution in [1.82, 2.24) is 0 Å². The van der Waals surface area contributed by atoms with Gasteiger partial charge in [-0.05, 0) is 43.8 Å². The number of aldehydes is 1. The molecule has 1 fully saturated rings. The Labute approximate surface area is 116 Å². The van der Waals surface area contributed by atoms with Crippen LogP contribution >= 0.6 is 0 Å². The van der Waals surface area contributed by atoms with Crippen LogP contribution in [0.25, 0.3) is 0 Å². The predicted molar refractivity (Wildman–Crippen MR) is 77.7 cm³/mol. The molecule has 1 unspecified atom stereocenters. The third kappa shape index (κ3) is 2.99. The van der Waals surface area contributed by atoms with Crippen LogP contribution in [0.1, 0.15) is 51.9 Å². The van der Waals surface area contributed by atoms with Crippen LogP contribution in [0.3, 0.4) is 0 Å². The molecule has 2 aliphatic carbocycles. The zero-order valence-corrected chi connectivity index (χ0v) is 12.1. The van der Waals surface area contributed by atoms with Crippen molar-refractivity contribution in [3.63, 3.8) is 0 Å². The van der Waals surface area contributed by atoms with E-state index in [0.717, 1.165) is 24.0 Å². The molecule has 2 nitrogen and oxygen atoms in total. The van der Waals surface area contributed by atoms with Gasteiger partial charge in [0.15, 0.2) is 0 Å². The summed E-state index contributed by atoms with van der Waals surface area (Å²) in [7, 11) is 1.73. The first-order valence-electron chi connectivity index (χ1n) is 7.45. The summed E-state index contributed by atoms with van der Waals surface area (Å²) >= 11 is 0. The lowest BCUT2D eigenvalue weighted by Gasteiger charge is -2.27. The van der Waals surface area contributed by atoms with Gasteiger partial charge in [0, 0.05) is 11.5 Å². The van der Waals surface area contributed by atoms with E-state index in [4.69, 9.17) is 4.74 Å². The monoisotopic (exact) mass is 260 g/mol. The Hall–Kier alpha value is -1.31. The second-order valence-corrected chi connectivity index (χ2v) is 5.41. The zero-order chi connectivity index (χ0) is 13.7. The van der Waals surface area contributed by atoms with Gasteiger partial charge in [0.1, 0.15) is 12.0 Å². The summed E-state index contributed by atoms with van der Waals surface area (Å²) in [5, 5.41) is 0. The molecule has 2 aliphatic rings. The molecule has 0 aliphatic heterocycles. The number of hydrogen-bond acceptors (Lipinski definition) is 2. The minimum absolute atomic E-state index is 0.227. The molecule has 0 N–H and O–H groups in total. The van der Waals surface area contributed by atoms with Crippen LogP contribution in [-0.2, 0) is 9.53 Å². The third-order valence-electron chi connectivity index (χ3n) is 4.30. The van der Waals surface area contributed by atoms with Crippen molar-refractivity contribution in [3.05, 3.63) is 34.6 Å². The van der Waals surface area contributed by atoms with Gasteiger partial charge < -0.3 is 4.74 Å². The molecule has 0 aromatic carbocycles. The molecule has 1 saturated carbocycles. The van der Waals surface area contributed by atoms with Crippen LogP contribution in [0.2, 0.25) is 0 Å². The lowest BCUT2D eigenvalue weighted by Crippen LogP contribution is -2.16. The van der Waals surface area contributed by atoms with Crippen molar-refractivity contribution in [2.24, 2.45) is 5.92 Å². The minimum Gasteiger partial charge on any atom is -0.496 e. The average Bonchev–Trinajstić information content (AvgIpc) is 2.74. The summed E-state index contributed by atoms with van der Waals surface area (Å²) < 4.78 is 5.57. The van der Waals surface area contributed by atoms with E-state index in [1.54, 1.807) is 7.11 Å². The zero-order valence-electron chi connectivity index (χ0n) is 12.1. The number of carbonyl (C=O) groups excluding carboxylic acids is 1. The van der Waals surface area contributed by atoms with E-state index in [-0.39, 0.29) is 5.92 Å². The van der Waals surface area contributed by atoms with E-state index in [0.29, 0.717) is 0 Å². The lowest BCUT2D eigenvalue weighted by atomic mass is 9.80. The number of hydrogen-bond donors (Lipinski definition) is 0. The topological polar surface area (TPSA) is 26.3 Å². The van der Waals surface area contributed by atoms with E-state index in [2.05, 4.69) is 6.92 Å². The Bertz CT molecular complexity index is 417. The second-order valence-electron chi connectivity index (χ2n) is 5.41. The molecule has 2 heteroatoms. The first kappa shape index (κ1) is 14.1. The molecule has 0 spiro atoms. The normalized spacial score (nSPS) is 24.4. The predicted octanol–water partition coefficient (Wildman–Crippen LogP) is 4.33. The maximum absolute atomic E-state index is 11.3. The molecule has 0 saturated heterocycles. The molecule has 104 valence electrons. The highest BCUT2D eigenvalue weighted by atomic mass is 16.5. The van der Waals surface area contributed by atoms with Gasteiger partial charge in [-0.2, -0.15) is 0 Å². The molecule has 1 atom stereocenters. The van der Waals surface area contributed by atoms with Crippen molar-refractivity contribution < 1.29 is 9.53 Å². The Morgan fingerprint density at radius 1 is 1.21 bits per heavy atom. The van der Waals surface area contributed by atoms with Gasteiger partial charge in [0.2, 0.25) is 0 Å². The highest BCUT2D eigenvalue weighted by Gasteiger charge is 2.27. The highest BCUT2D eigenvalue weighted by molar-refractivity contribution is 5.77. The summed E-state index contributed by atoms with van der Waals surface area (Å²) in [6.07, 6.45) is 13.4. The number of ether oxygens (including phenoxy) is 1. The Balaban J connectivity index is 2.43. The fourth-order valence-electron chi connectivity index (χ4n) is 3.30. The van der Waals surface area contributed by atoms with Crippen LogP contribution in [0.4, 0.5) is 0 Å². The minimum atomic E-state index is 0.227. The van der Waals surface area contributed by atoms with Crippen LogP contribution < -0.4 is 0 Å². The van der Waals surface area contributed by atoms with Gasteiger partial charge >= 0.3 is 0 Å². The van der Waals surface area contributed by atoms with Crippen molar-refractivity contribution in [2.45, 2.75) is 51.9 Å². The van der Waals surface area contributed by atoms with E-state index in [9.17, 15) is 4.79 Å². The number of rotatable bonds is 3. The quantitative estimate of drug-likeness (QED) is 0.557. The fraction of sp³-hybridized carbons (Fsp3) is 0.588. The molecular weight excluding hydrogens is 236 g/mol. The standard InChI is InChI=1S/C17H24O2/c1-3-15-14(12-18)10-11-16(19-2)17(15)13-8-6-4-5-7-9-13/h10-12,15H,3-9H2,1-2H3. The average molecular weight is 260 g/mol. The molecule has 0 aromatic heterocycles. The van der Waals surface area contributed by atoms with Crippen LogP contribution in [0, 0.1) is 5.92 Å². The SMILES string of the molecule is CCC1C(C=O)=CC=C(OC)C1=C1CCCCCC1. The highest BCUT2D eigenvalue weighted by Crippen LogP contribution is 2.39. The second kappa shape index (κ2) is 6.74. The first-order valence-corrected chi connectivity index (χ1v) is 7.45. The summed E-state index contributed by atoms with van der Waals surface area (Å²) in [5.41, 5.74) is 3.72. The summed E-state index contributed by atoms with van der Waals surface area (Å²) in [5.74, 6) is 1.19. The molecule has 0 heterocycles. The maximum Gasteiger partial charge on any atom is 0.146 e. The van der Waals surface area contributed by atoms with Gasteiger partial charge in [0.05, 0.1) is 7.11 Å². The van der Waals surface area contributed by atoms with Gasteiger partial charge in [-0.1, -0.05) is 31.4 Å². The van der Waals surface area contributed by atoms with E-state index >= 15 is 0 Å². The van der Waals surface area contributed by atoms with Crippen LogP contribution in [-0.4, -0.2) is 13.4 Å². The van der Waals surface area contributed by atoms with Gasteiger partial charge in [-0.15, -0.1) is 0 Å². The molecule has 0 amide bonds. The number of carbonyl (C=O) groups is 1. The smallest absolute Gasteiger partial charge is 0.146 e. The molecule has 0 bridgehead atoms. The van der Waals surface area contributed by atoms with E-state index in [1.807, 2.05) is 12.2 Å². The molecular formula is C17H24O2. The Morgan fingerprint density at radius 3 is 2.42 bits per heavy atom. The molecule has 19 heavy (non-hydrogen) atoms. The molecule has 0 aromatic rings. The molecule has 0 radical (unpaired) electrons. The van der Waals surface area contributed by atoms with E-state index in [1.165, 1.54) is 49.7 Å². The number of allylic oxidation sites excluding steroid dienone is 5. The third-order valence-corrected chi connectivity index (χ3v) is 4.30. The van der Waals surface area contributed by atoms with Crippen molar-refractivity contribution in [1.29, 1.82) is 0 Å². The summed E-state index contributed by atoms with van der Waals surface area (Å²) in [6, 6.07) is 0. The van der Waals surface area contributed by atoms with Crippen LogP contribution in [0.15, 0.2) is 34.6 Å². The van der Waals surface area contributed by atoms with Crippen molar-refractivity contribution >= 4 is 6.29 Å². The maximum atomic E-state index is 11.3. The first-order chi connectivity index (χ1) is 9.31. The van der Waals surface area contributed by atoms with Crippen molar-refractivity contribution in [3.8, 4) is 0 Å². The van der Waals surface area contributed by atoms with Crippen molar-refractivity contribution in [2.75, 3.05) is 7.11 Å². The Morgan fingerprint density at radius 2 is 1.89 bits per heavy atom. The van der Waals surface area contributed by atoms with Gasteiger partial charge in [0.25, 0.3) is 0 Å². The summed E-state index contributed by atoms with van der Waals surface area (Å²) in [6.45, 7) is 2.15. The van der Waals surface area contributed by atoms with Crippen LogP contribution in [0.5, 0.6) is 0 Å². The largest absolute Gasteiger partial charge is 0.496 e. The summed E-state index contributed by atoms with van der Waals surface area (Å²) in [4.78, 5) is 11.3. The van der Waals surface area contributed by atoms with Gasteiger partial charge in [-0.3, -0.25) is 4.79 Å². The van der Waals surface area contributed by atoms with E-state index < -0.39 is 0 Å². The number of methoxy groups -OCH3 is 1. The lowest BCUT2D eigenvalue weighted by molar-refractivity contribution is -0.105. The van der Waals surface area contributed by atoms with Gasteiger partial charge in [-0.25, -0.2) is 0 Å². The fourth-order valence-corrected chi connectivity index (χ4v) is 3.30.